The van der Waals surface area contributed by atoms with Crippen LogP contribution in [0.15, 0.2) is 29.5 Å². The second-order valence-electron chi connectivity index (χ2n) is 7.54. The molecule has 0 radical (unpaired) electrons. The van der Waals surface area contributed by atoms with Crippen molar-refractivity contribution in [1.82, 2.24) is 15.0 Å². The third-order valence-electron chi connectivity index (χ3n) is 5.50. The second kappa shape index (κ2) is 5.31. The van der Waals surface area contributed by atoms with Gasteiger partial charge in [0.05, 0.1) is 5.60 Å². The third-order valence-corrected chi connectivity index (χ3v) is 6.74. The van der Waals surface area contributed by atoms with Gasteiger partial charge in [-0.05, 0) is 43.2 Å². The van der Waals surface area contributed by atoms with Crippen molar-refractivity contribution in [2.24, 2.45) is 10.4 Å². The molecule has 7 heteroatoms. The molecule has 3 aromatic rings. The van der Waals surface area contributed by atoms with E-state index in [0.29, 0.717) is 17.1 Å². The van der Waals surface area contributed by atoms with Crippen LogP contribution in [0.25, 0.3) is 21.6 Å². The number of nitrogens with zero attached hydrogens (tertiary/aromatic N) is 4. The lowest BCUT2D eigenvalue weighted by atomic mass is 9.67. The molecule has 1 spiro atoms. The fraction of sp³-hybridized carbons (Fsp3) is 0.368. The van der Waals surface area contributed by atoms with Crippen LogP contribution in [-0.2, 0) is 5.60 Å². The Morgan fingerprint density at radius 2 is 2.04 bits per heavy atom. The number of fused-ring (bicyclic) bond motifs is 1. The zero-order valence-electron chi connectivity index (χ0n) is 14.4. The molecular formula is C19H19N5OS. The summed E-state index contributed by atoms with van der Waals surface area (Å²) in [6.07, 6.45) is 9.46. The standard InChI is InChI=1S/C19H19N5OS/c1-21-6-11-4-12(7-22-15(11)20)16-23-8-13-5-14(26-17(13)24-16)19(25)9-18(10-19)2-3-18/h4-8,25H,2-3,9-10H2,1H3,(H2,20,22). The average molecular weight is 365 g/mol. The molecule has 0 saturated heterocycles. The highest BCUT2D eigenvalue weighted by molar-refractivity contribution is 7.18. The minimum absolute atomic E-state index is 0.431. The number of hydrogen-bond acceptors (Lipinski definition) is 7. The van der Waals surface area contributed by atoms with E-state index < -0.39 is 5.60 Å². The first-order chi connectivity index (χ1) is 12.5. The number of aromatic nitrogens is 3. The first kappa shape index (κ1) is 15.8. The molecule has 0 aliphatic heterocycles. The fourth-order valence-corrected chi connectivity index (χ4v) is 5.04. The van der Waals surface area contributed by atoms with E-state index in [2.05, 4.69) is 15.0 Å². The highest BCUT2D eigenvalue weighted by Crippen LogP contribution is 2.68. The quantitative estimate of drug-likeness (QED) is 0.695. The average Bonchev–Trinajstić information content (AvgIpc) is 3.25. The zero-order valence-corrected chi connectivity index (χ0v) is 15.3. The minimum atomic E-state index is -0.671. The lowest BCUT2D eigenvalue weighted by molar-refractivity contribution is -0.0887. The molecule has 6 nitrogen and oxygen atoms in total. The summed E-state index contributed by atoms with van der Waals surface area (Å²) in [6.45, 7) is 0. The van der Waals surface area contributed by atoms with Gasteiger partial charge in [-0.15, -0.1) is 11.3 Å². The van der Waals surface area contributed by atoms with Gasteiger partial charge in [0.2, 0.25) is 0 Å². The van der Waals surface area contributed by atoms with Crippen molar-refractivity contribution in [3.05, 3.63) is 35.0 Å². The van der Waals surface area contributed by atoms with Crippen LogP contribution in [0.1, 0.15) is 36.1 Å². The molecule has 3 N–H and O–H groups in total. The van der Waals surface area contributed by atoms with Crippen molar-refractivity contribution >= 4 is 33.6 Å². The van der Waals surface area contributed by atoms with E-state index in [1.165, 1.54) is 12.8 Å². The molecule has 3 aromatic heterocycles. The number of thiophene rings is 1. The maximum Gasteiger partial charge on any atom is 0.162 e. The minimum Gasteiger partial charge on any atom is -0.384 e. The van der Waals surface area contributed by atoms with Crippen LogP contribution in [0.3, 0.4) is 0 Å². The summed E-state index contributed by atoms with van der Waals surface area (Å²) in [6, 6.07) is 3.93. The van der Waals surface area contributed by atoms with Gasteiger partial charge in [-0.25, -0.2) is 15.0 Å². The van der Waals surface area contributed by atoms with Gasteiger partial charge in [-0.1, -0.05) is 0 Å². The molecule has 2 saturated carbocycles. The van der Waals surface area contributed by atoms with E-state index >= 15 is 0 Å². The summed E-state index contributed by atoms with van der Waals surface area (Å²) in [5, 5.41) is 11.9. The van der Waals surface area contributed by atoms with Crippen molar-refractivity contribution in [2.45, 2.75) is 31.3 Å². The predicted molar refractivity (Wildman–Crippen MR) is 103 cm³/mol. The smallest absolute Gasteiger partial charge is 0.162 e. The number of pyridine rings is 1. The molecule has 0 bridgehead atoms. The molecule has 5 rings (SSSR count). The number of hydrogen-bond donors (Lipinski definition) is 2. The maximum absolute atomic E-state index is 10.9. The Hall–Kier alpha value is -2.38. The molecule has 2 fully saturated rings. The highest BCUT2D eigenvalue weighted by atomic mass is 32.1. The van der Waals surface area contributed by atoms with Gasteiger partial charge < -0.3 is 10.8 Å². The Balaban J connectivity index is 1.51. The number of rotatable bonds is 3. The normalized spacial score (nSPS) is 19.9. The molecule has 2 aliphatic rings. The van der Waals surface area contributed by atoms with Crippen molar-refractivity contribution in [3.8, 4) is 11.4 Å². The van der Waals surface area contributed by atoms with Crippen LogP contribution in [-0.4, -0.2) is 33.3 Å². The van der Waals surface area contributed by atoms with Crippen LogP contribution < -0.4 is 5.73 Å². The third kappa shape index (κ3) is 2.42. The summed E-state index contributed by atoms with van der Waals surface area (Å²) >= 11 is 1.56. The van der Waals surface area contributed by atoms with Crippen LogP contribution >= 0.6 is 11.3 Å². The van der Waals surface area contributed by atoms with Gasteiger partial charge in [0.1, 0.15) is 10.6 Å². The molecule has 0 atom stereocenters. The van der Waals surface area contributed by atoms with Gasteiger partial charge >= 0.3 is 0 Å². The summed E-state index contributed by atoms with van der Waals surface area (Å²) in [5.41, 5.74) is 7.19. The molecule has 0 aromatic carbocycles. The van der Waals surface area contributed by atoms with Crippen molar-refractivity contribution < 1.29 is 5.11 Å². The second-order valence-corrected chi connectivity index (χ2v) is 8.57. The van der Waals surface area contributed by atoms with Gasteiger partial charge in [-0.2, -0.15) is 0 Å². The van der Waals surface area contributed by atoms with E-state index in [4.69, 9.17) is 10.7 Å². The van der Waals surface area contributed by atoms with Crippen molar-refractivity contribution in [1.29, 1.82) is 0 Å². The summed E-state index contributed by atoms with van der Waals surface area (Å²) in [5.74, 6) is 1.03. The largest absolute Gasteiger partial charge is 0.384 e. The SMILES string of the molecule is CN=Cc1cc(-c2ncc3cc(C4(O)CC5(CC5)C4)sc3n2)cnc1N. The Morgan fingerprint density at radius 3 is 2.77 bits per heavy atom. The number of anilines is 1. The Kier molecular flexibility index (Phi) is 3.24. The highest BCUT2D eigenvalue weighted by Gasteiger charge is 2.61. The number of nitrogen functional groups attached to an aromatic ring is 1. The van der Waals surface area contributed by atoms with E-state index in [1.807, 2.05) is 18.3 Å². The number of aliphatic hydroxyl groups is 1. The Labute approximate surface area is 154 Å². The lowest BCUT2D eigenvalue weighted by Crippen LogP contribution is -2.41. The van der Waals surface area contributed by atoms with Gasteiger partial charge in [0.15, 0.2) is 5.82 Å². The Bertz CT molecular complexity index is 1050. The van der Waals surface area contributed by atoms with Crippen LogP contribution in [0, 0.1) is 5.41 Å². The number of aliphatic imine (C=N–C) groups is 1. The Morgan fingerprint density at radius 1 is 1.23 bits per heavy atom. The molecule has 0 unspecified atom stereocenters. The molecular weight excluding hydrogens is 346 g/mol. The summed E-state index contributed by atoms with van der Waals surface area (Å²) in [4.78, 5) is 19.3. The van der Waals surface area contributed by atoms with Crippen LogP contribution in [0.2, 0.25) is 0 Å². The first-order valence-electron chi connectivity index (χ1n) is 8.68. The van der Waals surface area contributed by atoms with Crippen molar-refractivity contribution in [2.75, 3.05) is 12.8 Å². The molecule has 26 heavy (non-hydrogen) atoms. The topological polar surface area (TPSA) is 97.3 Å². The van der Waals surface area contributed by atoms with E-state index in [0.717, 1.165) is 39.1 Å². The van der Waals surface area contributed by atoms with Crippen LogP contribution in [0.4, 0.5) is 5.82 Å². The lowest BCUT2D eigenvalue weighted by Gasteiger charge is -2.43. The maximum atomic E-state index is 10.9. The molecule has 3 heterocycles. The summed E-state index contributed by atoms with van der Waals surface area (Å²) in [7, 11) is 1.69. The van der Waals surface area contributed by atoms with E-state index in [9.17, 15) is 5.11 Å². The van der Waals surface area contributed by atoms with Crippen LogP contribution in [0.5, 0.6) is 0 Å². The molecule has 0 amide bonds. The first-order valence-corrected chi connectivity index (χ1v) is 9.50. The number of nitrogens with two attached hydrogens (primary N) is 1. The van der Waals surface area contributed by atoms with E-state index in [1.54, 1.807) is 30.8 Å². The summed E-state index contributed by atoms with van der Waals surface area (Å²) < 4.78 is 0. The zero-order chi connectivity index (χ0) is 17.9. The molecule has 132 valence electrons. The predicted octanol–water partition coefficient (Wildman–Crippen LogP) is 3.15. The van der Waals surface area contributed by atoms with E-state index in [-0.39, 0.29) is 0 Å². The van der Waals surface area contributed by atoms with Gasteiger partial charge in [0.25, 0.3) is 0 Å². The van der Waals surface area contributed by atoms with Gasteiger partial charge in [-0.3, -0.25) is 4.99 Å². The van der Waals surface area contributed by atoms with Crippen molar-refractivity contribution in [3.63, 3.8) is 0 Å². The van der Waals surface area contributed by atoms with Gasteiger partial charge in [0, 0.05) is 47.0 Å². The molecule has 2 aliphatic carbocycles. The fourth-order valence-electron chi connectivity index (χ4n) is 3.95. The monoisotopic (exact) mass is 365 g/mol.